The average molecular weight is 448 g/mol. The van der Waals surface area contributed by atoms with Crippen LogP contribution in [0.5, 0.6) is 0 Å². The zero-order valence-electron chi connectivity index (χ0n) is 20.1. The molecule has 3 amide bonds. The van der Waals surface area contributed by atoms with Crippen LogP contribution < -0.4 is 10.6 Å². The van der Waals surface area contributed by atoms with Crippen LogP contribution in [0.2, 0.25) is 0 Å². The highest BCUT2D eigenvalue weighted by molar-refractivity contribution is 5.83. The molecule has 0 unspecified atom stereocenters. The molecule has 1 aliphatic heterocycles. The lowest BCUT2D eigenvalue weighted by molar-refractivity contribution is -0.146. The normalized spacial score (nSPS) is 32.0. The second-order valence-electron chi connectivity index (χ2n) is 11.9. The van der Waals surface area contributed by atoms with Crippen molar-refractivity contribution in [3.63, 3.8) is 0 Å². The number of piperidine rings is 1. The first kappa shape index (κ1) is 23.4. The van der Waals surface area contributed by atoms with Crippen molar-refractivity contribution in [3.8, 4) is 0 Å². The van der Waals surface area contributed by atoms with Crippen molar-refractivity contribution >= 4 is 17.9 Å². The third-order valence-corrected chi connectivity index (χ3v) is 8.05. The molecule has 0 aromatic rings. The predicted octanol–water partition coefficient (Wildman–Crippen LogP) is 3.47. The first-order valence-electron chi connectivity index (χ1n) is 12.6. The zero-order chi connectivity index (χ0) is 22.9. The smallest absolute Gasteiger partial charge is 0.407 e. The van der Waals surface area contributed by atoms with Crippen molar-refractivity contribution < 1.29 is 19.1 Å². The topological polar surface area (TPSA) is 87.7 Å². The van der Waals surface area contributed by atoms with Crippen molar-refractivity contribution in [1.29, 1.82) is 0 Å². The van der Waals surface area contributed by atoms with E-state index in [9.17, 15) is 14.4 Å². The van der Waals surface area contributed by atoms with Crippen LogP contribution in [0.1, 0.15) is 78.6 Å². The summed E-state index contributed by atoms with van der Waals surface area (Å²) < 4.78 is 5.19. The molecule has 32 heavy (non-hydrogen) atoms. The fraction of sp³-hybridized carbons (Fsp3) is 0.880. The Labute approximate surface area is 192 Å². The summed E-state index contributed by atoms with van der Waals surface area (Å²) in [6.07, 6.45) is 9.02. The molecule has 1 heterocycles. The molecular weight excluding hydrogens is 406 g/mol. The summed E-state index contributed by atoms with van der Waals surface area (Å²) in [6, 6.07) is 0. The zero-order valence-corrected chi connectivity index (χ0v) is 20.1. The standard InChI is InChI=1S/C25H41N3O4/c1-24(2,3)32-23(31)26-7-4-21(29)28-8-5-17(6-9-28)16-27-22(30)25-13-18-10-19(14-25)12-20(11-18)15-25/h17-20H,4-16H2,1-3H3,(H,26,31)(H,27,30). The highest BCUT2D eigenvalue weighted by atomic mass is 16.6. The van der Waals surface area contributed by atoms with E-state index in [4.69, 9.17) is 4.74 Å². The number of nitrogens with zero attached hydrogens (tertiary/aromatic N) is 1. The Morgan fingerprint density at radius 2 is 1.50 bits per heavy atom. The van der Waals surface area contributed by atoms with Crippen LogP contribution >= 0.6 is 0 Å². The summed E-state index contributed by atoms with van der Waals surface area (Å²) in [7, 11) is 0. The fourth-order valence-corrected chi connectivity index (χ4v) is 6.94. The van der Waals surface area contributed by atoms with Crippen LogP contribution in [-0.4, -0.2) is 54.6 Å². The van der Waals surface area contributed by atoms with E-state index in [1.807, 2.05) is 25.7 Å². The third-order valence-electron chi connectivity index (χ3n) is 8.05. The van der Waals surface area contributed by atoms with Gasteiger partial charge in [-0.2, -0.15) is 0 Å². The van der Waals surface area contributed by atoms with Crippen LogP contribution in [0.3, 0.4) is 0 Å². The molecule has 4 bridgehead atoms. The minimum Gasteiger partial charge on any atom is -0.444 e. The quantitative estimate of drug-likeness (QED) is 0.653. The van der Waals surface area contributed by atoms with Crippen molar-refractivity contribution in [1.82, 2.24) is 15.5 Å². The lowest BCUT2D eigenvalue weighted by Crippen LogP contribution is -2.54. The van der Waals surface area contributed by atoms with E-state index in [0.717, 1.165) is 69.5 Å². The Kier molecular flexibility index (Phi) is 6.73. The molecule has 0 spiro atoms. The van der Waals surface area contributed by atoms with Gasteiger partial charge in [-0.15, -0.1) is 0 Å². The summed E-state index contributed by atoms with van der Waals surface area (Å²) in [5.74, 6) is 3.17. The van der Waals surface area contributed by atoms with Crippen LogP contribution in [0.15, 0.2) is 0 Å². The number of alkyl carbamates (subject to hydrolysis) is 1. The van der Waals surface area contributed by atoms with E-state index in [0.29, 0.717) is 11.8 Å². The van der Waals surface area contributed by atoms with Gasteiger partial charge in [0.2, 0.25) is 11.8 Å². The molecule has 5 aliphatic rings. The molecule has 180 valence electrons. The van der Waals surface area contributed by atoms with Crippen LogP contribution in [-0.2, 0) is 14.3 Å². The molecule has 2 N–H and O–H groups in total. The molecule has 0 radical (unpaired) electrons. The summed E-state index contributed by atoms with van der Waals surface area (Å²) in [4.78, 5) is 39.2. The highest BCUT2D eigenvalue weighted by Crippen LogP contribution is 2.60. The van der Waals surface area contributed by atoms with Gasteiger partial charge in [0.25, 0.3) is 0 Å². The van der Waals surface area contributed by atoms with Gasteiger partial charge in [-0.05, 0) is 95.8 Å². The van der Waals surface area contributed by atoms with Crippen molar-refractivity contribution in [2.45, 2.75) is 84.2 Å². The number of nitrogens with one attached hydrogen (secondary N) is 2. The van der Waals surface area contributed by atoms with Crippen molar-refractivity contribution in [2.75, 3.05) is 26.2 Å². The number of amides is 3. The van der Waals surface area contributed by atoms with Crippen LogP contribution in [0.4, 0.5) is 4.79 Å². The van der Waals surface area contributed by atoms with E-state index in [2.05, 4.69) is 10.6 Å². The van der Waals surface area contributed by atoms with Gasteiger partial charge in [-0.3, -0.25) is 9.59 Å². The number of ether oxygens (including phenoxy) is 1. The lowest BCUT2D eigenvalue weighted by atomic mass is 9.49. The monoisotopic (exact) mass is 447 g/mol. The number of hydrogen-bond donors (Lipinski definition) is 2. The average Bonchev–Trinajstić information content (AvgIpc) is 2.70. The second-order valence-corrected chi connectivity index (χ2v) is 11.9. The Morgan fingerprint density at radius 3 is 2.03 bits per heavy atom. The number of carbonyl (C=O) groups is 3. The van der Waals surface area contributed by atoms with Crippen molar-refractivity contribution in [3.05, 3.63) is 0 Å². The maximum Gasteiger partial charge on any atom is 0.407 e. The second kappa shape index (κ2) is 9.22. The Balaban J connectivity index is 1.14. The maximum atomic E-state index is 13.2. The van der Waals surface area contributed by atoms with Gasteiger partial charge in [0.05, 0.1) is 0 Å². The number of hydrogen-bond acceptors (Lipinski definition) is 4. The van der Waals surface area contributed by atoms with Gasteiger partial charge in [-0.1, -0.05) is 0 Å². The molecule has 0 atom stereocenters. The van der Waals surface area contributed by atoms with Crippen molar-refractivity contribution in [2.24, 2.45) is 29.1 Å². The van der Waals surface area contributed by atoms with Gasteiger partial charge in [0.15, 0.2) is 0 Å². The number of carbonyl (C=O) groups excluding carboxylic acids is 3. The van der Waals surface area contributed by atoms with E-state index in [1.54, 1.807) is 0 Å². The molecule has 5 fully saturated rings. The molecular formula is C25H41N3O4. The van der Waals surface area contributed by atoms with Gasteiger partial charge in [0.1, 0.15) is 5.60 Å². The number of rotatable bonds is 6. The molecule has 0 aromatic heterocycles. The minimum absolute atomic E-state index is 0.0668. The molecule has 4 aliphatic carbocycles. The largest absolute Gasteiger partial charge is 0.444 e. The van der Waals surface area contributed by atoms with E-state index in [1.165, 1.54) is 19.3 Å². The summed E-state index contributed by atoms with van der Waals surface area (Å²) in [5.41, 5.74) is -0.617. The third kappa shape index (κ3) is 5.57. The van der Waals surface area contributed by atoms with Crippen LogP contribution in [0.25, 0.3) is 0 Å². The SMILES string of the molecule is CC(C)(C)OC(=O)NCCC(=O)N1CCC(CNC(=O)C23CC4CC(CC(C4)C2)C3)CC1. The fourth-order valence-electron chi connectivity index (χ4n) is 6.94. The summed E-state index contributed by atoms with van der Waals surface area (Å²) in [5, 5.41) is 5.96. The van der Waals surface area contributed by atoms with E-state index in [-0.39, 0.29) is 24.3 Å². The highest BCUT2D eigenvalue weighted by Gasteiger charge is 2.54. The predicted molar refractivity (Wildman–Crippen MR) is 122 cm³/mol. The Bertz CT molecular complexity index is 686. The summed E-state index contributed by atoms with van der Waals surface area (Å²) in [6.45, 7) is 7.91. The first-order chi connectivity index (χ1) is 15.1. The molecule has 7 nitrogen and oxygen atoms in total. The van der Waals surface area contributed by atoms with Gasteiger partial charge in [-0.25, -0.2) is 4.79 Å². The minimum atomic E-state index is -0.541. The van der Waals surface area contributed by atoms with E-state index >= 15 is 0 Å². The Morgan fingerprint density at radius 1 is 0.938 bits per heavy atom. The Hall–Kier alpha value is -1.79. The molecule has 7 heteroatoms. The number of likely N-dealkylation sites (tertiary alicyclic amines) is 1. The molecule has 1 saturated heterocycles. The summed E-state index contributed by atoms with van der Waals surface area (Å²) >= 11 is 0. The van der Waals surface area contributed by atoms with Gasteiger partial charge >= 0.3 is 6.09 Å². The van der Waals surface area contributed by atoms with Crippen LogP contribution in [0, 0.1) is 29.1 Å². The van der Waals surface area contributed by atoms with Gasteiger partial charge in [0, 0.05) is 38.0 Å². The molecule has 0 aromatic carbocycles. The first-order valence-corrected chi connectivity index (χ1v) is 12.6. The molecule has 5 rings (SSSR count). The molecule has 4 saturated carbocycles. The lowest BCUT2D eigenvalue weighted by Gasteiger charge is -2.55. The maximum absolute atomic E-state index is 13.2. The van der Waals surface area contributed by atoms with Gasteiger partial charge < -0.3 is 20.3 Å². The van der Waals surface area contributed by atoms with E-state index < -0.39 is 11.7 Å².